The monoisotopic (exact) mass is 232 g/mol. The molecule has 0 bridgehead atoms. The molecule has 0 radical (unpaired) electrons. The van der Waals surface area contributed by atoms with E-state index in [-0.39, 0.29) is 17.9 Å². The second-order valence-corrected chi connectivity index (χ2v) is 4.27. The number of benzene rings is 1. The molecule has 1 fully saturated rings. The van der Waals surface area contributed by atoms with Crippen LogP contribution in [0.3, 0.4) is 0 Å². The number of carbonyl (C=O) groups is 2. The lowest BCUT2D eigenvalue weighted by Gasteiger charge is -2.11. The molecule has 0 aliphatic carbocycles. The second-order valence-electron chi connectivity index (χ2n) is 4.27. The quantitative estimate of drug-likeness (QED) is 0.799. The molecule has 1 aliphatic rings. The molecule has 2 rings (SSSR count). The highest BCUT2D eigenvalue weighted by Gasteiger charge is 2.20. The molecular weight excluding hydrogens is 216 g/mol. The summed E-state index contributed by atoms with van der Waals surface area (Å²) in [6.45, 7) is 0.525. The van der Waals surface area contributed by atoms with Gasteiger partial charge in [-0.2, -0.15) is 0 Å². The van der Waals surface area contributed by atoms with E-state index < -0.39 is 0 Å². The summed E-state index contributed by atoms with van der Waals surface area (Å²) in [6, 6.07) is 9.71. The first-order chi connectivity index (χ1) is 8.24. The molecular formula is C13H16N2O2. The van der Waals surface area contributed by atoms with Crippen LogP contribution in [0.25, 0.3) is 0 Å². The second kappa shape index (κ2) is 5.48. The van der Waals surface area contributed by atoms with Gasteiger partial charge in [-0.1, -0.05) is 30.3 Å². The van der Waals surface area contributed by atoms with Crippen molar-refractivity contribution in [3.63, 3.8) is 0 Å². The van der Waals surface area contributed by atoms with Crippen molar-refractivity contribution in [2.24, 2.45) is 0 Å². The summed E-state index contributed by atoms with van der Waals surface area (Å²) in [4.78, 5) is 22.6. The molecule has 4 heteroatoms. The molecule has 2 N–H and O–H groups in total. The Morgan fingerprint density at radius 2 is 2.12 bits per heavy atom. The predicted molar refractivity (Wildman–Crippen MR) is 64.3 cm³/mol. The Kier molecular flexibility index (Phi) is 3.75. The Morgan fingerprint density at radius 1 is 1.35 bits per heavy atom. The van der Waals surface area contributed by atoms with Crippen molar-refractivity contribution >= 4 is 11.8 Å². The van der Waals surface area contributed by atoms with Crippen LogP contribution < -0.4 is 10.6 Å². The van der Waals surface area contributed by atoms with Crippen LogP contribution in [0.5, 0.6) is 0 Å². The van der Waals surface area contributed by atoms with E-state index in [0.29, 0.717) is 19.4 Å². The number of nitrogens with one attached hydrogen (secondary N) is 2. The third-order valence-corrected chi connectivity index (χ3v) is 2.84. The van der Waals surface area contributed by atoms with Crippen LogP contribution in [0, 0.1) is 0 Å². The van der Waals surface area contributed by atoms with Gasteiger partial charge in [-0.05, 0) is 12.0 Å². The minimum absolute atomic E-state index is 0.00245. The Balaban J connectivity index is 1.73. The van der Waals surface area contributed by atoms with Gasteiger partial charge in [0.15, 0.2) is 0 Å². The number of hydrogen-bond donors (Lipinski definition) is 2. The van der Waals surface area contributed by atoms with Gasteiger partial charge >= 0.3 is 0 Å². The molecule has 1 unspecified atom stereocenters. The highest BCUT2D eigenvalue weighted by Crippen LogP contribution is 2.05. The first-order valence-corrected chi connectivity index (χ1v) is 5.84. The Morgan fingerprint density at radius 3 is 2.76 bits per heavy atom. The van der Waals surface area contributed by atoms with E-state index >= 15 is 0 Å². The van der Waals surface area contributed by atoms with E-state index in [1.807, 2.05) is 30.3 Å². The average molecular weight is 232 g/mol. The van der Waals surface area contributed by atoms with E-state index in [2.05, 4.69) is 10.6 Å². The Bertz CT molecular complexity index is 403. The molecule has 0 saturated carbocycles. The zero-order valence-corrected chi connectivity index (χ0v) is 9.61. The maximum atomic E-state index is 11.6. The van der Waals surface area contributed by atoms with Crippen molar-refractivity contribution in [1.29, 1.82) is 0 Å². The minimum Gasteiger partial charge on any atom is -0.354 e. The first kappa shape index (κ1) is 11.6. The largest absolute Gasteiger partial charge is 0.354 e. The zero-order chi connectivity index (χ0) is 12.1. The van der Waals surface area contributed by atoms with Crippen LogP contribution in [0.1, 0.15) is 18.4 Å². The summed E-state index contributed by atoms with van der Waals surface area (Å²) in [6.07, 6.45) is 1.77. The topological polar surface area (TPSA) is 58.2 Å². The predicted octanol–water partition coefficient (Wildman–Crippen LogP) is 0.624. The minimum atomic E-state index is -0.00245. The van der Waals surface area contributed by atoms with Crippen molar-refractivity contribution in [3.05, 3.63) is 35.9 Å². The van der Waals surface area contributed by atoms with Gasteiger partial charge in [0.05, 0.1) is 6.42 Å². The molecule has 0 aromatic heterocycles. The Labute approximate surface area is 100 Å². The summed E-state index contributed by atoms with van der Waals surface area (Å²) in [7, 11) is 0. The average Bonchev–Trinajstić information content (AvgIpc) is 2.74. The number of carbonyl (C=O) groups excluding carboxylic acids is 2. The molecule has 17 heavy (non-hydrogen) atoms. The smallest absolute Gasteiger partial charge is 0.224 e. The molecule has 1 aromatic carbocycles. The van der Waals surface area contributed by atoms with Crippen LogP contribution in [0.4, 0.5) is 0 Å². The molecule has 1 saturated heterocycles. The third-order valence-electron chi connectivity index (χ3n) is 2.84. The number of hydrogen-bond acceptors (Lipinski definition) is 2. The summed E-state index contributed by atoms with van der Waals surface area (Å²) in [5.41, 5.74) is 1.00. The maximum Gasteiger partial charge on any atom is 0.224 e. The summed E-state index contributed by atoms with van der Waals surface area (Å²) in [5.74, 6) is 0.0738. The fraction of sp³-hybridized carbons (Fsp3) is 0.385. The van der Waals surface area contributed by atoms with Gasteiger partial charge in [-0.15, -0.1) is 0 Å². The van der Waals surface area contributed by atoms with E-state index in [1.54, 1.807) is 0 Å². The molecule has 0 spiro atoms. The van der Waals surface area contributed by atoms with Crippen molar-refractivity contribution in [2.75, 3.05) is 6.54 Å². The fourth-order valence-electron chi connectivity index (χ4n) is 1.91. The standard InChI is InChI=1S/C13H16N2O2/c16-12-7-6-11(15-12)9-14-13(17)8-10-4-2-1-3-5-10/h1-5,11H,6-9H2,(H,14,17)(H,15,16). The molecule has 1 aromatic rings. The summed E-state index contributed by atoms with van der Waals surface area (Å²) in [5, 5.41) is 5.66. The normalized spacial score (nSPS) is 18.8. The van der Waals surface area contributed by atoms with Gasteiger partial charge in [-0.3, -0.25) is 9.59 Å². The van der Waals surface area contributed by atoms with Crippen LogP contribution in [0.15, 0.2) is 30.3 Å². The van der Waals surface area contributed by atoms with Crippen molar-refractivity contribution in [1.82, 2.24) is 10.6 Å². The lowest BCUT2D eigenvalue weighted by Crippen LogP contribution is -2.38. The van der Waals surface area contributed by atoms with E-state index in [4.69, 9.17) is 0 Å². The third kappa shape index (κ3) is 3.59. The van der Waals surface area contributed by atoms with Gasteiger partial charge < -0.3 is 10.6 Å². The van der Waals surface area contributed by atoms with Crippen molar-refractivity contribution in [3.8, 4) is 0 Å². The summed E-state index contributed by atoms with van der Waals surface area (Å²) >= 11 is 0. The lowest BCUT2D eigenvalue weighted by atomic mass is 10.1. The van der Waals surface area contributed by atoms with Crippen molar-refractivity contribution < 1.29 is 9.59 Å². The number of amides is 2. The SMILES string of the molecule is O=C(Cc1ccccc1)NCC1CCC(=O)N1. The lowest BCUT2D eigenvalue weighted by molar-refractivity contribution is -0.121. The zero-order valence-electron chi connectivity index (χ0n) is 9.61. The molecule has 1 heterocycles. The maximum absolute atomic E-state index is 11.6. The molecule has 90 valence electrons. The highest BCUT2D eigenvalue weighted by atomic mass is 16.2. The van der Waals surface area contributed by atoms with Crippen LogP contribution in [-0.2, 0) is 16.0 Å². The molecule has 1 aliphatic heterocycles. The van der Waals surface area contributed by atoms with Crippen LogP contribution >= 0.6 is 0 Å². The number of rotatable bonds is 4. The Hall–Kier alpha value is -1.84. The van der Waals surface area contributed by atoms with Crippen LogP contribution in [0.2, 0.25) is 0 Å². The van der Waals surface area contributed by atoms with E-state index in [1.165, 1.54) is 0 Å². The van der Waals surface area contributed by atoms with Crippen LogP contribution in [-0.4, -0.2) is 24.4 Å². The van der Waals surface area contributed by atoms with Gasteiger partial charge in [-0.25, -0.2) is 0 Å². The first-order valence-electron chi connectivity index (χ1n) is 5.84. The van der Waals surface area contributed by atoms with E-state index in [0.717, 1.165) is 12.0 Å². The summed E-state index contributed by atoms with van der Waals surface area (Å²) < 4.78 is 0. The van der Waals surface area contributed by atoms with Gasteiger partial charge in [0.25, 0.3) is 0 Å². The molecule has 4 nitrogen and oxygen atoms in total. The molecule has 1 atom stereocenters. The highest BCUT2D eigenvalue weighted by molar-refractivity contribution is 5.80. The fourth-order valence-corrected chi connectivity index (χ4v) is 1.91. The van der Waals surface area contributed by atoms with Crippen molar-refractivity contribution in [2.45, 2.75) is 25.3 Å². The van der Waals surface area contributed by atoms with Gasteiger partial charge in [0.1, 0.15) is 0 Å². The van der Waals surface area contributed by atoms with E-state index in [9.17, 15) is 9.59 Å². The van der Waals surface area contributed by atoms with Gasteiger partial charge in [0.2, 0.25) is 11.8 Å². The molecule has 2 amide bonds. The van der Waals surface area contributed by atoms with Gasteiger partial charge in [0, 0.05) is 19.0 Å².